The van der Waals surface area contributed by atoms with Crippen molar-refractivity contribution in [1.29, 1.82) is 0 Å². The van der Waals surface area contributed by atoms with Crippen LogP contribution in [0.3, 0.4) is 0 Å². The molecule has 4 nitrogen and oxygen atoms in total. The van der Waals surface area contributed by atoms with Gasteiger partial charge in [-0.25, -0.2) is 4.83 Å². The lowest BCUT2D eigenvalue weighted by Crippen LogP contribution is -2.20. The van der Waals surface area contributed by atoms with E-state index in [-0.39, 0.29) is 4.90 Å². The Hall–Kier alpha value is -3.18. The van der Waals surface area contributed by atoms with Crippen molar-refractivity contribution in [3.63, 3.8) is 0 Å². The van der Waals surface area contributed by atoms with E-state index in [0.29, 0.717) is 11.1 Å². The number of nitrogens with one attached hydrogen (secondary N) is 1. The van der Waals surface area contributed by atoms with Crippen LogP contribution in [0, 0.1) is 20.8 Å². The molecule has 0 spiro atoms. The van der Waals surface area contributed by atoms with Gasteiger partial charge in [-0.3, -0.25) is 0 Å². The van der Waals surface area contributed by atoms with Crippen LogP contribution in [0.4, 0.5) is 0 Å². The normalized spacial score (nSPS) is 12.1. The number of rotatable bonds is 4. The zero-order valence-electron chi connectivity index (χ0n) is 16.6. The first-order chi connectivity index (χ1) is 13.9. The Morgan fingerprint density at radius 2 is 1.31 bits per heavy atom. The van der Waals surface area contributed by atoms with E-state index in [0.717, 1.165) is 32.7 Å². The summed E-state index contributed by atoms with van der Waals surface area (Å²) >= 11 is 0. The third-order valence-corrected chi connectivity index (χ3v) is 6.58. The predicted octanol–water partition coefficient (Wildman–Crippen LogP) is 5.23. The Balaban J connectivity index is 1.77. The van der Waals surface area contributed by atoms with Crippen LogP contribution in [0.1, 0.15) is 22.3 Å². The highest BCUT2D eigenvalue weighted by molar-refractivity contribution is 7.89. The monoisotopic (exact) mass is 402 g/mol. The Bertz CT molecular complexity index is 1300. The third kappa shape index (κ3) is 3.61. The smallest absolute Gasteiger partial charge is 0.200 e. The minimum atomic E-state index is -3.76. The van der Waals surface area contributed by atoms with E-state index >= 15 is 0 Å². The van der Waals surface area contributed by atoms with Gasteiger partial charge >= 0.3 is 0 Å². The number of nitrogens with zero attached hydrogens (tertiary/aromatic N) is 1. The van der Waals surface area contributed by atoms with Crippen molar-refractivity contribution in [2.45, 2.75) is 25.7 Å². The molecule has 0 aliphatic rings. The van der Waals surface area contributed by atoms with Gasteiger partial charge in [0.2, 0.25) is 0 Å². The highest BCUT2D eigenvalue weighted by Gasteiger charge is 2.19. The van der Waals surface area contributed by atoms with Crippen LogP contribution in [0.2, 0.25) is 0 Å². The molecule has 0 aromatic heterocycles. The van der Waals surface area contributed by atoms with Crippen LogP contribution in [-0.4, -0.2) is 14.6 Å². The minimum Gasteiger partial charge on any atom is -0.200 e. The summed E-state index contributed by atoms with van der Waals surface area (Å²) in [4.78, 5) is 2.68. The predicted molar refractivity (Wildman–Crippen MR) is 120 cm³/mol. The molecule has 0 atom stereocenters. The lowest BCUT2D eigenvalue weighted by atomic mass is 9.97. The molecule has 0 radical (unpaired) electrons. The molecule has 0 aliphatic carbocycles. The van der Waals surface area contributed by atoms with Gasteiger partial charge in [-0.2, -0.15) is 13.5 Å². The summed E-state index contributed by atoms with van der Waals surface area (Å²) in [7, 11) is -3.76. The fraction of sp³-hybridized carbons (Fsp3) is 0.125. The summed E-state index contributed by atoms with van der Waals surface area (Å²) in [5.74, 6) is 0. The second kappa shape index (κ2) is 7.33. The maximum Gasteiger partial charge on any atom is 0.277 e. The molecule has 0 heterocycles. The fourth-order valence-corrected chi connectivity index (χ4v) is 5.23. The van der Waals surface area contributed by atoms with Gasteiger partial charge in [-0.1, -0.05) is 66.2 Å². The molecule has 4 aromatic rings. The van der Waals surface area contributed by atoms with Crippen LogP contribution in [0.25, 0.3) is 21.5 Å². The number of hydrazone groups is 1. The molecule has 0 bridgehead atoms. The van der Waals surface area contributed by atoms with Gasteiger partial charge in [-0.05, 0) is 59.5 Å². The van der Waals surface area contributed by atoms with Gasteiger partial charge in [0.1, 0.15) is 0 Å². The number of sulfonamides is 1. The van der Waals surface area contributed by atoms with E-state index < -0.39 is 10.0 Å². The topological polar surface area (TPSA) is 58.5 Å². The van der Waals surface area contributed by atoms with E-state index in [4.69, 9.17) is 0 Å². The van der Waals surface area contributed by atoms with E-state index in [1.54, 1.807) is 20.1 Å². The summed E-state index contributed by atoms with van der Waals surface area (Å²) in [6, 6.07) is 21.9. The van der Waals surface area contributed by atoms with E-state index in [9.17, 15) is 8.42 Å². The largest absolute Gasteiger partial charge is 0.277 e. The summed E-state index contributed by atoms with van der Waals surface area (Å²) in [5, 5.41) is 8.35. The first kappa shape index (κ1) is 19.2. The zero-order valence-corrected chi connectivity index (χ0v) is 17.4. The lowest BCUT2D eigenvalue weighted by molar-refractivity contribution is 0.583. The molecule has 5 heteroatoms. The Morgan fingerprint density at radius 3 is 1.86 bits per heavy atom. The second-order valence-electron chi connectivity index (χ2n) is 7.31. The van der Waals surface area contributed by atoms with Crippen LogP contribution in [0.15, 0.2) is 76.7 Å². The SMILES string of the molecule is Cc1cc(C)c(S(=O)(=O)N/N=C/c2c3ccccc3cc3ccccc23)c(C)c1. The van der Waals surface area contributed by atoms with Crippen molar-refractivity contribution in [1.82, 2.24) is 4.83 Å². The summed E-state index contributed by atoms with van der Waals surface area (Å²) in [6.45, 7) is 5.56. The summed E-state index contributed by atoms with van der Waals surface area (Å²) < 4.78 is 25.8. The fourth-order valence-electron chi connectivity index (χ4n) is 3.98. The quantitative estimate of drug-likeness (QED) is 0.289. The van der Waals surface area contributed by atoms with Crippen molar-refractivity contribution in [3.8, 4) is 0 Å². The van der Waals surface area contributed by atoms with Gasteiger partial charge in [0.05, 0.1) is 11.1 Å². The van der Waals surface area contributed by atoms with Crippen LogP contribution >= 0.6 is 0 Å². The molecular formula is C24H22N2O2S. The van der Waals surface area contributed by atoms with E-state index in [1.807, 2.05) is 67.6 Å². The highest BCUT2D eigenvalue weighted by Crippen LogP contribution is 2.27. The maximum atomic E-state index is 12.9. The van der Waals surface area contributed by atoms with Crippen LogP contribution in [-0.2, 0) is 10.0 Å². The van der Waals surface area contributed by atoms with Crippen molar-refractivity contribution in [3.05, 3.63) is 89.0 Å². The Morgan fingerprint density at radius 1 is 0.793 bits per heavy atom. The first-order valence-electron chi connectivity index (χ1n) is 9.40. The zero-order chi connectivity index (χ0) is 20.6. The number of benzene rings is 4. The van der Waals surface area contributed by atoms with Gasteiger partial charge in [0.25, 0.3) is 10.0 Å². The third-order valence-electron chi connectivity index (χ3n) is 5.05. The average Bonchev–Trinajstić information content (AvgIpc) is 2.66. The molecule has 29 heavy (non-hydrogen) atoms. The Labute approximate surface area is 170 Å². The summed E-state index contributed by atoms with van der Waals surface area (Å²) in [6.07, 6.45) is 1.60. The number of hydrogen-bond acceptors (Lipinski definition) is 3. The molecule has 4 rings (SSSR count). The molecule has 1 N–H and O–H groups in total. The van der Waals surface area contributed by atoms with Crippen molar-refractivity contribution in [2.24, 2.45) is 5.10 Å². The molecule has 146 valence electrons. The molecule has 0 saturated carbocycles. The average molecular weight is 403 g/mol. The van der Waals surface area contributed by atoms with E-state index in [2.05, 4.69) is 16.0 Å². The molecule has 4 aromatic carbocycles. The molecule has 0 amide bonds. The van der Waals surface area contributed by atoms with Gasteiger partial charge in [0.15, 0.2) is 0 Å². The molecular weight excluding hydrogens is 380 g/mol. The number of hydrogen-bond donors (Lipinski definition) is 1. The van der Waals surface area contributed by atoms with Crippen molar-refractivity contribution < 1.29 is 8.42 Å². The highest BCUT2D eigenvalue weighted by atomic mass is 32.2. The molecule has 0 saturated heterocycles. The minimum absolute atomic E-state index is 0.281. The molecule has 0 unspecified atom stereocenters. The number of fused-ring (bicyclic) bond motifs is 2. The van der Waals surface area contributed by atoms with Crippen LogP contribution in [0.5, 0.6) is 0 Å². The first-order valence-corrected chi connectivity index (χ1v) is 10.9. The second-order valence-corrected chi connectivity index (χ2v) is 8.91. The lowest BCUT2D eigenvalue weighted by Gasteiger charge is -2.12. The van der Waals surface area contributed by atoms with Crippen LogP contribution < -0.4 is 4.83 Å². The van der Waals surface area contributed by atoms with Gasteiger partial charge in [0, 0.05) is 5.56 Å². The molecule has 0 fully saturated rings. The van der Waals surface area contributed by atoms with Gasteiger partial charge in [-0.15, -0.1) is 0 Å². The Kier molecular flexibility index (Phi) is 4.84. The van der Waals surface area contributed by atoms with E-state index in [1.165, 1.54) is 0 Å². The standard InChI is InChI=1S/C24H22N2O2S/c1-16-12-17(2)24(18(3)13-16)29(27,28)26-25-15-23-21-10-6-4-8-19(21)14-20-9-5-7-11-22(20)23/h4-15,26H,1-3H3/b25-15+. The number of aryl methyl sites for hydroxylation is 3. The van der Waals surface area contributed by atoms with Gasteiger partial charge < -0.3 is 0 Å². The maximum absolute atomic E-state index is 12.9. The summed E-state index contributed by atoms with van der Waals surface area (Å²) in [5.41, 5.74) is 3.34. The van der Waals surface area contributed by atoms with Crippen molar-refractivity contribution in [2.75, 3.05) is 0 Å². The van der Waals surface area contributed by atoms with Crippen molar-refractivity contribution >= 4 is 37.8 Å². The molecule has 0 aliphatic heterocycles.